The molecular formula is C18H27NO. The predicted octanol–water partition coefficient (Wildman–Crippen LogP) is 3.55. The summed E-state index contributed by atoms with van der Waals surface area (Å²) < 4.78 is 0. The largest absolute Gasteiger partial charge is 0.385 e. The normalized spacial score (nSPS) is 33.0. The fourth-order valence-corrected chi connectivity index (χ4v) is 4.38. The van der Waals surface area contributed by atoms with Crippen molar-refractivity contribution in [3.8, 4) is 0 Å². The van der Waals surface area contributed by atoms with Crippen LogP contribution in [0.2, 0.25) is 0 Å². The number of hydrogen-bond donors (Lipinski definition) is 1. The molecule has 2 fully saturated rings. The highest BCUT2D eigenvalue weighted by molar-refractivity contribution is 5.22. The summed E-state index contributed by atoms with van der Waals surface area (Å²) in [6.45, 7) is 2.11. The summed E-state index contributed by atoms with van der Waals surface area (Å²) in [7, 11) is 2.28. The number of fused-ring (bicyclic) bond motifs is 2. The number of hydrogen-bond acceptors (Lipinski definition) is 2. The molecule has 3 atom stereocenters. The van der Waals surface area contributed by atoms with Crippen LogP contribution >= 0.6 is 0 Å². The Morgan fingerprint density at radius 3 is 2.30 bits per heavy atom. The predicted molar refractivity (Wildman–Crippen MR) is 82.5 cm³/mol. The van der Waals surface area contributed by atoms with Crippen LogP contribution in [0.25, 0.3) is 0 Å². The molecule has 0 saturated carbocycles. The molecule has 2 saturated heterocycles. The van der Waals surface area contributed by atoms with Gasteiger partial charge in [-0.2, -0.15) is 0 Å². The SMILES string of the molecule is CCC(O)(CC1C[C@H]2CC[C@H](C1)N2C)c1ccccc1. The zero-order valence-electron chi connectivity index (χ0n) is 12.8. The summed E-state index contributed by atoms with van der Waals surface area (Å²) in [5.41, 5.74) is 0.454. The monoisotopic (exact) mass is 273 g/mol. The van der Waals surface area contributed by atoms with Crippen LogP contribution in [0.5, 0.6) is 0 Å². The fourth-order valence-electron chi connectivity index (χ4n) is 4.38. The maximum Gasteiger partial charge on any atom is 0.0896 e. The highest BCUT2D eigenvalue weighted by Gasteiger charge is 2.41. The van der Waals surface area contributed by atoms with Gasteiger partial charge >= 0.3 is 0 Å². The quantitative estimate of drug-likeness (QED) is 0.907. The Morgan fingerprint density at radius 2 is 1.75 bits per heavy atom. The number of aliphatic hydroxyl groups is 1. The van der Waals surface area contributed by atoms with Gasteiger partial charge < -0.3 is 10.0 Å². The number of rotatable bonds is 4. The maximum absolute atomic E-state index is 11.1. The first kappa shape index (κ1) is 14.1. The molecule has 1 N–H and O–H groups in total. The standard InChI is InChI=1S/C18H27NO/c1-3-18(20,15-7-5-4-6-8-15)13-14-11-16-9-10-17(12-14)19(16)2/h4-8,14,16-17,20H,3,9-13H2,1-2H3/t16-,17-,18?/m1/s1. The second-order valence-electron chi connectivity index (χ2n) is 6.84. The van der Waals surface area contributed by atoms with Crippen LogP contribution in [0.3, 0.4) is 0 Å². The van der Waals surface area contributed by atoms with Crippen LogP contribution in [0.15, 0.2) is 30.3 Å². The van der Waals surface area contributed by atoms with Crippen molar-refractivity contribution < 1.29 is 5.11 Å². The molecule has 20 heavy (non-hydrogen) atoms. The molecule has 2 heterocycles. The van der Waals surface area contributed by atoms with E-state index in [1.54, 1.807) is 0 Å². The van der Waals surface area contributed by atoms with Crippen LogP contribution in [0, 0.1) is 5.92 Å². The first-order chi connectivity index (χ1) is 9.62. The summed E-state index contributed by atoms with van der Waals surface area (Å²) in [5.74, 6) is 0.675. The van der Waals surface area contributed by atoms with Gasteiger partial charge in [0.15, 0.2) is 0 Å². The van der Waals surface area contributed by atoms with E-state index in [0.717, 1.165) is 30.5 Å². The first-order valence-corrected chi connectivity index (χ1v) is 8.12. The van der Waals surface area contributed by atoms with Crippen molar-refractivity contribution in [1.82, 2.24) is 4.90 Å². The Kier molecular flexibility index (Phi) is 3.87. The third-order valence-electron chi connectivity index (χ3n) is 5.72. The van der Waals surface area contributed by atoms with E-state index in [-0.39, 0.29) is 0 Å². The zero-order chi connectivity index (χ0) is 14.2. The van der Waals surface area contributed by atoms with Gasteiger partial charge in [0.2, 0.25) is 0 Å². The van der Waals surface area contributed by atoms with Crippen LogP contribution in [-0.2, 0) is 5.60 Å². The summed E-state index contributed by atoms with van der Waals surface area (Å²) in [6.07, 6.45) is 6.97. The molecule has 1 aromatic rings. The Labute approximate surface area is 122 Å². The molecule has 0 radical (unpaired) electrons. The minimum absolute atomic E-state index is 0.638. The second kappa shape index (κ2) is 5.50. The maximum atomic E-state index is 11.1. The molecule has 2 aliphatic heterocycles. The van der Waals surface area contributed by atoms with Crippen LogP contribution in [0.1, 0.15) is 51.0 Å². The van der Waals surface area contributed by atoms with Gasteiger partial charge in [0.25, 0.3) is 0 Å². The zero-order valence-corrected chi connectivity index (χ0v) is 12.8. The lowest BCUT2D eigenvalue weighted by atomic mass is 9.77. The van der Waals surface area contributed by atoms with Gasteiger partial charge in [0, 0.05) is 12.1 Å². The average Bonchev–Trinajstić information content (AvgIpc) is 2.70. The third kappa shape index (κ3) is 2.51. The van der Waals surface area contributed by atoms with Crippen molar-refractivity contribution >= 4 is 0 Å². The second-order valence-corrected chi connectivity index (χ2v) is 6.84. The van der Waals surface area contributed by atoms with E-state index in [9.17, 15) is 5.11 Å². The Hall–Kier alpha value is -0.860. The third-order valence-corrected chi connectivity index (χ3v) is 5.72. The van der Waals surface area contributed by atoms with E-state index in [1.165, 1.54) is 25.7 Å². The highest BCUT2D eigenvalue weighted by atomic mass is 16.3. The lowest BCUT2D eigenvalue weighted by molar-refractivity contribution is -0.00968. The molecule has 0 spiro atoms. The van der Waals surface area contributed by atoms with Gasteiger partial charge in [0.05, 0.1) is 5.60 Å². The van der Waals surface area contributed by atoms with Crippen LogP contribution < -0.4 is 0 Å². The Bertz CT molecular complexity index is 432. The van der Waals surface area contributed by atoms with Crippen molar-refractivity contribution in [2.24, 2.45) is 5.92 Å². The minimum atomic E-state index is -0.638. The summed E-state index contributed by atoms with van der Waals surface area (Å²) in [5, 5.41) is 11.1. The fraction of sp³-hybridized carbons (Fsp3) is 0.667. The molecule has 2 aliphatic rings. The number of benzene rings is 1. The van der Waals surface area contributed by atoms with Gasteiger partial charge in [-0.15, -0.1) is 0 Å². The summed E-state index contributed by atoms with van der Waals surface area (Å²) in [4.78, 5) is 2.57. The average molecular weight is 273 g/mol. The van der Waals surface area contributed by atoms with E-state index in [0.29, 0.717) is 5.92 Å². The summed E-state index contributed by atoms with van der Waals surface area (Å²) in [6, 6.07) is 11.8. The van der Waals surface area contributed by atoms with E-state index >= 15 is 0 Å². The molecule has 1 unspecified atom stereocenters. The lowest BCUT2D eigenvalue weighted by Crippen LogP contribution is -2.42. The molecule has 3 rings (SSSR count). The van der Waals surface area contributed by atoms with Crippen LogP contribution in [-0.4, -0.2) is 29.1 Å². The molecule has 2 heteroatoms. The number of piperidine rings is 1. The van der Waals surface area contributed by atoms with Crippen LogP contribution in [0.4, 0.5) is 0 Å². The van der Waals surface area contributed by atoms with E-state index in [1.807, 2.05) is 18.2 Å². The molecule has 1 aromatic carbocycles. The highest BCUT2D eigenvalue weighted by Crippen LogP contribution is 2.43. The van der Waals surface area contributed by atoms with E-state index in [4.69, 9.17) is 0 Å². The van der Waals surface area contributed by atoms with Crippen molar-refractivity contribution in [2.45, 2.75) is 63.1 Å². The number of nitrogens with zero attached hydrogens (tertiary/aromatic N) is 1. The Morgan fingerprint density at radius 1 is 1.15 bits per heavy atom. The van der Waals surface area contributed by atoms with Gasteiger partial charge in [0.1, 0.15) is 0 Å². The molecule has 0 aromatic heterocycles. The van der Waals surface area contributed by atoms with Crippen molar-refractivity contribution in [3.63, 3.8) is 0 Å². The van der Waals surface area contributed by atoms with Gasteiger partial charge in [-0.25, -0.2) is 0 Å². The van der Waals surface area contributed by atoms with Crippen molar-refractivity contribution in [2.75, 3.05) is 7.05 Å². The van der Waals surface area contributed by atoms with Gasteiger partial charge in [-0.05, 0) is 57.1 Å². The van der Waals surface area contributed by atoms with Gasteiger partial charge in [-0.1, -0.05) is 37.3 Å². The molecule has 110 valence electrons. The minimum Gasteiger partial charge on any atom is -0.385 e. The molecule has 0 aliphatic carbocycles. The van der Waals surface area contributed by atoms with Crippen molar-refractivity contribution in [1.29, 1.82) is 0 Å². The topological polar surface area (TPSA) is 23.5 Å². The van der Waals surface area contributed by atoms with Crippen molar-refractivity contribution in [3.05, 3.63) is 35.9 Å². The molecule has 2 bridgehead atoms. The first-order valence-electron chi connectivity index (χ1n) is 8.12. The smallest absolute Gasteiger partial charge is 0.0896 e. The Balaban J connectivity index is 1.73. The summed E-state index contributed by atoms with van der Waals surface area (Å²) >= 11 is 0. The molecule has 2 nitrogen and oxygen atoms in total. The van der Waals surface area contributed by atoms with E-state index < -0.39 is 5.60 Å². The van der Waals surface area contributed by atoms with E-state index in [2.05, 4.69) is 31.0 Å². The lowest BCUT2D eigenvalue weighted by Gasteiger charge is -2.40. The van der Waals surface area contributed by atoms with Gasteiger partial charge in [-0.3, -0.25) is 0 Å². The molecule has 0 amide bonds. The molecular weight excluding hydrogens is 246 g/mol.